The van der Waals surface area contributed by atoms with Crippen LogP contribution in [-0.4, -0.2) is 14.9 Å². The van der Waals surface area contributed by atoms with Gasteiger partial charge >= 0.3 is 0 Å². The highest BCUT2D eigenvalue weighted by Crippen LogP contribution is 2.22. The molecule has 0 aliphatic carbocycles. The fourth-order valence-corrected chi connectivity index (χ4v) is 2.05. The minimum Gasteiger partial charge on any atom is -0.505 e. The molecule has 0 fully saturated rings. The Morgan fingerprint density at radius 2 is 1.82 bits per heavy atom. The zero-order valence-corrected chi connectivity index (χ0v) is 11.3. The van der Waals surface area contributed by atoms with Gasteiger partial charge in [0.2, 0.25) is 0 Å². The molecule has 0 amide bonds. The summed E-state index contributed by atoms with van der Waals surface area (Å²) < 4.78 is 1.12. The Morgan fingerprint density at radius 1 is 1.24 bits per heavy atom. The second-order valence-corrected chi connectivity index (χ2v) is 4.85. The molecule has 0 atom stereocenters. The fourth-order valence-electron chi connectivity index (χ4n) is 1.27. The maximum atomic E-state index is 11.8. The van der Waals surface area contributed by atoms with Crippen molar-refractivity contribution in [3.8, 4) is 11.4 Å². The van der Waals surface area contributed by atoms with Crippen LogP contribution in [-0.2, 0) is 0 Å². The molecule has 0 aliphatic rings. The van der Waals surface area contributed by atoms with E-state index in [1.807, 2.05) is 0 Å². The summed E-state index contributed by atoms with van der Waals surface area (Å²) in [5.74, 6) is -0.223. The van der Waals surface area contributed by atoms with E-state index in [1.54, 1.807) is 18.2 Å². The van der Waals surface area contributed by atoms with Gasteiger partial charge in [0.25, 0.3) is 5.56 Å². The van der Waals surface area contributed by atoms with Crippen LogP contribution in [0.25, 0.3) is 5.69 Å². The Morgan fingerprint density at radius 3 is 2.41 bits per heavy atom. The minimum atomic E-state index is -0.497. The molecule has 17 heavy (non-hydrogen) atoms. The Labute approximate surface area is 115 Å². The lowest BCUT2D eigenvalue weighted by Crippen LogP contribution is -2.21. The molecule has 7 heteroatoms. The molecule has 4 nitrogen and oxygen atoms in total. The van der Waals surface area contributed by atoms with Crippen molar-refractivity contribution >= 4 is 39.1 Å². The van der Waals surface area contributed by atoms with Gasteiger partial charge < -0.3 is 5.11 Å². The number of aromatic nitrogens is 2. The van der Waals surface area contributed by atoms with Crippen molar-refractivity contribution in [3.05, 3.63) is 49.3 Å². The monoisotopic (exact) mass is 334 g/mol. The summed E-state index contributed by atoms with van der Waals surface area (Å²) in [7, 11) is 0. The predicted molar refractivity (Wildman–Crippen MR) is 69.2 cm³/mol. The Balaban J connectivity index is 2.69. The lowest BCUT2D eigenvalue weighted by Gasteiger charge is -2.06. The number of hydrogen-bond acceptors (Lipinski definition) is 3. The van der Waals surface area contributed by atoms with Gasteiger partial charge in [0.1, 0.15) is 4.47 Å². The van der Waals surface area contributed by atoms with Gasteiger partial charge in [-0.3, -0.25) is 4.79 Å². The van der Waals surface area contributed by atoms with Gasteiger partial charge in [0.15, 0.2) is 5.75 Å². The van der Waals surface area contributed by atoms with Gasteiger partial charge in [-0.05, 0) is 34.1 Å². The van der Waals surface area contributed by atoms with E-state index in [1.165, 1.54) is 0 Å². The van der Waals surface area contributed by atoms with Crippen LogP contribution in [0.1, 0.15) is 0 Å². The standard InChI is InChI=1S/C10H5BrCl2N2O2/c11-9-8(16)4-14-15(10(9)17)7-2-5(12)1-6(13)3-7/h1-4,16H. The Bertz CT molecular complexity index is 622. The molecule has 0 aliphatic heterocycles. The van der Waals surface area contributed by atoms with Crippen molar-refractivity contribution in [2.75, 3.05) is 0 Å². The summed E-state index contributed by atoms with van der Waals surface area (Å²) in [5, 5.41) is 13.9. The SMILES string of the molecule is O=c1c(Br)c(O)cnn1-c1cc(Cl)cc(Cl)c1. The summed E-state index contributed by atoms with van der Waals surface area (Å²) in [5.41, 5.74) is -0.0727. The van der Waals surface area contributed by atoms with Crippen molar-refractivity contribution in [2.24, 2.45) is 0 Å². The molecule has 0 unspecified atom stereocenters. The van der Waals surface area contributed by atoms with E-state index in [2.05, 4.69) is 21.0 Å². The smallest absolute Gasteiger partial charge is 0.289 e. The van der Waals surface area contributed by atoms with Gasteiger partial charge in [0.05, 0.1) is 11.9 Å². The first kappa shape index (κ1) is 12.4. The third-order valence-electron chi connectivity index (χ3n) is 1.99. The summed E-state index contributed by atoms with van der Waals surface area (Å²) >= 11 is 14.6. The molecule has 0 spiro atoms. The number of nitrogens with zero attached hydrogens (tertiary/aromatic N) is 2. The topological polar surface area (TPSA) is 55.1 Å². The normalized spacial score (nSPS) is 10.5. The second kappa shape index (κ2) is 4.68. The third kappa shape index (κ3) is 2.46. The molecule has 0 saturated heterocycles. The van der Waals surface area contributed by atoms with E-state index < -0.39 is 5.56 Å². The van der Waals surface area contributed by atoms with Gasteiger partial charge in [-0.15, -0.1) is 0 Å². The van der Waals surface area contributed by atoms with Gasteiger partial charge in [-0.25, -0.2) is 0 Å². The molecule has 0 saturated carbocycles. The van der Waals surface area contributed by atoms with Gasteiger partial charge in [-0.1, -0.05) is 23.2 Å². The second-order valence-electron chi connectivity index (χ2n) is 3.19. The van der Waals surface area contributed by atoms with E-state index in [9.17, 15) is 9.90 Å². The highest BCUT2D eigenvalue weighted by atomic mass is 79.9. The molecule has 0 radical (unpaired) electrons. The number of hydrogen-bond donors (Lipinski definition) is 1. The number of halogens is 3. The first-order valence-corrected chi connectivity index (χ1v) is 5.97. The number of aromatic hydroxyl groups is 1. The summed E-state index contributed by atoms with van der Waals surface area (Å²) in [6.45, 7) is 0. The number of benzene rings is 1. The molecular weight excluding hydrogens is 331 g/mol. The zero-order chi connectivity index (χ0) is 12.6. The van der Waals surface area contributed by atoms with E-state index in [0.717, 1.165) is 10.9 Å². The van der Waals surface area contributed by atoms with E-state index >= 15 is 0 Å². The van der Waals surface area contributed by atoms with Crippen LogP contribution < -0.4 is 5.56 Å². The van der Waals surface area contributed by atoms with E-state index in [0.29, 0.717) is 15.7 Å². The van der Waals surface area contributed by atoms with Gasteiger partial charge in [0, 0.05) is 10.0 Å². The largest absolute Gasteiger partial charge is 0.505 e. The highest BCUT2D eigenvalue weighted by molar-refractivity contribution is 9.10. The summed E-state index contributed by atoms with van der Waals surface area (Å²) in [6, 6.07) is 4.64. The zero-order valence-electron chi connectivity index (χ0n) is 8.19. The van der Waals surface area contributed by atoms with Crippen LogP contribution in [0.2, 0.25) is 10.0 Å². The average molecular weight is 336 g/mol. The van der Waals surface area contributed by atoms with Crippen molar-refractivity contribution in [1.29, 1.82) is 0 Å². The van der Waals surface area contributed by atoms with E-state index in [-0.39, 0.29) is 10.2 Å². The molecule has 2 aromatic rings. The highest BCUT2D eigenvalue weighted by Gasteiger charge is 2.10. The fraction of sp³-hybridized carbons (Fsp3) is 0. The maximum Gasteiger partial charge on any atom is 0.289 e. The molecule has 0 bridgehead atoms. The van der Waals surface area contributed by atoms with Crippen LogP contribution in [0, 0.1) is 0 Å². The lowest BCUT2D eigenvalue weighted by molar-refractivity contribution is 0.463. The quantitative estimate of drug-likeness (QED) is 0.871. The van der Waals surface area contributed by atoms with Crippen LogP contribution in [0.5, 0.6) is 5.75 Å². The average Bonchev–Trinajstić information content (AvgIpc) is 2.24. The minimum absolute atomic E-state index is 0.0311. The predicted octanol–water partition coefficient (Wildman–Crippen LogP) is 3.01. The van der Waals surface area contributed by atoms with Crippen molar-refractivity contribution in [2.45, 2.75) is 0 Å². The van der Waals surface area contributed by atoms with Crippen molar-refractivity contribution in [3.63, 3.8) is 0 Å². The summed E-state index contributed by atoms with van der Waals surface area (Å²) in [4.78, 5) is 11.8. The summed E-state index contributed by atoms with van der Waals surface area (Å²) in [6.07, 6.45) is 1.15. The van der Waals surface area contributed by atoms with Crippen molar-refractivity contribution < 1.29 is 5.11 Å². The first-order chi connectivity index (χ1) is 7.99. The Kier molecular flexibility index (Phi) is 3.42. The van der Waals surface area contributed by atoms with Gasteiger partial charge in [-0.2, -0.15) is 9.78 Å². The van der Waals surface area contributed by atoms with Crippen LogP contribution >= 0.6 is 39.1 Å². The molecule has 1 aromatic carbocycles. The van der Waals surface area contributed by atoms with Crippen LogP contribution in [0.15, 0.2) is 33.7 Å². The van der Waals surface area contributed by atoms with E-state index in [4.69, 9.17) is 23.2 Å². The molecule has 2 rings (SSSR count). The molecule has 1 aromatic heterocycles. The third-order valence-corrected chi connectivity index (χ3v) is 3.17. The molecule has 88 valence electrons. The maximum absolute atomic E-state index is 11.8. The Hall–Kier alpha value is -1.04. The molecular formula is C10H5BrCl2N2O2. The van der Waals surface area contributed by atoms with Crippen molar-refractivity contribution in [1.82, 2.24) is 9.78 Å². The number of rotatable bonds is 1. The lowest BCUT2D eigenvalue weighted by atomic mass is 10.3. The van der Waals surface area contributed by atoms with Crippen LogP contribution in [0.3, 0.4) is 0 Å². The molecule has 1 N–H and O–H groups in total. The first-order valence-electron chi connectivity index (χ1n) is 4.42. The van der Waals surface area contributed by atoms with Crippen LogP contribution in [0.4, 0.5) is 0 Å². The molecule has 1 heterocycles.